The number of amides is 3. The molecule has 0 aromatic heterocycles. The fourth-order valence-electron chi connectivity index (χ4n) is 3.64. The molecule has 0 saturated carbocycles. The van der Waals surface area contributed by atoms with Crippen molar-refractivity contribution in [3.8, 4) is 0 Å². The molecule has 0 aliphatic carbocycles. The van der Waals surface area contributed by atoms with Gasteiger partial charge in [0.05, 0.1) is 12.5 Å². The Morgan fingerprint density at radius 3 is 1.98 bits per heavy atom. The second-order valence-electron chi connectivity index (χ2n) is 9.29. The molecular weight excluding hydrogens is 548 g/mol. The highest BCUT2D eigenvalue weighted by molar-refractivity contribution is 8.08. The van der Waals surface area contributed by atoms with E-state index in [0.29, 0.717) is 5.41 Å². The van der Waals surface area contributed by atoms with Crippen LogP contribution in [-0.2, 0) is 38.6 Å². The SMILES string of the molecule is C=CS(=O)(=O)C(=O)[C@H](CC(C)C)NC(=O)[C@H](CC(N)=O)NC(=O)[C@H](CCC(=O)O)NC(C(=O)O)c1ccccc1. The standard InChI is InChI=1S/C25H34N4O10S/c1-4-40(38,39)25(37)18(12-14(2)3)29-23(34)17(13-19(26)30)28-22(33)16(10-11-20(31)32)27-21(24(35)36)15-8-6-5-7-9-15/h4-9,14,16-18,21,27H,1,10-13H2,2-3H3,(H2,26,30)(H,28,33)(H,29,34)(H,31,32)(H,35,36)/t16-,17-,18-,21?/m0/s1. The minimum Gasteiger partial charge on any atom is -0.481 e. The number of rotatable bonds is 17. The Morgan fingerprint density at radius 2 is 1.50 bits per heavy atom. The number of aliphatic carboxylic acids is 2. The van der Waals surface area contributed by atoms with E-state index >= 15 is 0 Å². The predicted molar refractivity (Wildman–Crippen MR) is 142 cm³/mol. The summed E-state index contributed by atoms with van der Waals surface area (Å²) in [6.45, 7) is 6.42. The Morgan fingerprint density at radius 1 is 0.950 bits per heavy atom. The largest absolute Gasteiger partial charge is 0.481 e. The molecule has 0 heterocycles. The summed E-state index contributed by atoms with van der Waals surface area (Å²) in [6, 6.07) is 1.57. The average Bonchev–Trinajstić information content (AvgIpc) is 2.86. The van der Waals surface area contributed by atoms with Crippen LogP contribution < -0.4 is 21.7 Å². The molecular formula is C25H34N4O10S. The van der Waals surface area contributed by atoms with Gasteiger partial charge in [0, 0.05) is 11.8 Å². The van der Waals surface area contributed by atoms with Crippen molar-refractivity contribution in [2.24, 2.45) is 11.7 Å². The summed E-state index contributed by atoms with van der Waals surface area (Å²) in [6.07, 6.45) is -1.81. The Hall–Kier alpha value is -4.11. The summed E-state index contributed by atoms with van der Waals surface area (Å²) < 4.78 is 24.1. The first-order valence-electron chi connectivity index (χ1n) is 12.1. The zero-order chi connectivity index (χ0) is 30.6. The maximum absolute atomic E-state index is 13.2. The van der Waals surface area contributed by atoms with Gasteiger partial charge in [-0.25, -0.2) is 8.42 Å². The van der Waals surface area contributed by atoms with Crippen molar-refractivity contribution < 1.29 is 47.4 Å². The average molecular weight is 583 g/mol. The molecule has 7 N–H and O–H groups in total. The molecule has 15 heteroatoms. The number of hydrogen-bond acceptors (Lipinski definition) is 9. The van der Waals surface area contributed by atoms with E-state index in [4.69, 9.17) is 10.8 Å². The lowest BCUT2D eigenvalue weighted by atomic mass is 10.0. The molecule has 0 aliphatic rings. The molecule has 1 aromatic rings. The molecule has 40 heavy (non-hydrogen) atoms. The van der Waals surface area contributed by atoms with Gasteiger partial charge in [-0.3, -0.25) is 34.1 Å². The van der Waals surface area contributed by atoms with Crippen LogP contribution in [0.25, 0.3) is 0 Å². The maximum atomic E-state index is 13.2. The van der Waals surface area contributed by atoms with E-state index in [-0.39, 0.29) is 17.9 Å². The van der Waals surface area contributed by atoms with E-state index in [9.17, 15) is 42.3 Å². The summed E-state index contributed by atoms with van der Waals surface area (Å²) in [5.74, 6) is -6.08. The maximum Gasteiger partial charge on any atom is 0.325 e. The first kappa shape index (κ1) is 33.9. The normalized spacial score (nSPS) is 14.3. The summed E-state index contributed by atoms with van der Waals surface area (Å²) in [4.78, 5) is 73.6. The van der Waals surface area contributed by atoms with E-state index in [0.717, 1.165) is 0 Å². The van der Waals surface area contributed by atoms with Gasteiger partial charge in [-0.1, -0.05) is 50.8 Å². The monoisotopic (exact) mass is 582 g/mol. The van der Waals surface area contributed by atoms with E-state index in [1.54, 1.807) is 32.0 Å². The van der Waals surface area contributed by atoms with Crippen LogP contribution in [0.5, 0.6) is 0 Å². The molecule has 0 saturated heterocycles. The van der Waals surface area contributed by atoms with Crippen LogP contribution in [0.2, 0.25) is 0 Å². The van der Waals surface area contributed by atoms with Crippen molar-refractivity contribution >= 4 is 44.6 Å². The predicted octanol–water partition coefficient (Wildman–Crippen LogP) is -0.389. The Balaban J connectivity index is 3.28. The first-order valence-corrected chi connectivity index (χ1v) is 13.7. The van der Waals surface area contributed by atoms with Crippen molar-refractivity contribution in [1.29, 1.82) is 0 Å². The molecule has 0 radical (unpaired) electrons. The van der Waals surface area contributed by atoms with E-state index < -0.39 is 88.0 Å². The highest BCUT2D eigenvalue weighted by Gasteiger charge is 2.35. The number of carboxylic acids is 2. The van der Waals surface area contributed by atoms with Gasteiger partial charge >= 0.3 is 11.9 Å². The fourth-order valence-corrected chi connectivity index (χ4v) is 4.35. The molecule has 0 bridgehead atoms. The van der Waals surface area contributed by atoms with Crippen LogP contribution in [0, 0.1) is 5.92 Å². The fraction of sp³-hybridized carbons (Fsp3) is 0.440. The molecule has 3 amide bonds. The molecule has 0 aliphatic heterocycles. The number of primary amides is 1. The summed E-state index contributed by atoms with van der Waals surface area (Å²) in [7, 11) is -4.43. The van der Waals surface area contributed by atoms with Crippen LogP contribution >= 0.6 is 0 Å². The van der Waals surface area contributed by atoms with Gasteiger partial charge in [0.15, 0.2) is 0 Å². The van der Waals surface area contributed by atoms with E-state index in [2.05, 4.69) is 22.5 Å². The van der Waals surface area contributed by atoms with Gasteiger partial charge in [-0.05, 0) is 24.3 Å². The van der Waals surface area contributed by atoms with Crippen LogP contribution in [0.4, 0.5) is 0 Å². The number of carboxylic acid groups (broad SMARTS) is 2. The molecule has 4 atom stereocenters. The van der Waals surface area contributed by atoms with Crippen molar-refractivity contribution in [2.75, 3.05) is 0 Å². The van der Waals surface area contributed by atoms with Gasteiger partial charge in [0.25, 0.3) is 5.12 Å². The molecule has 0 fully saturated rings. The quantitative estimate of drug-likeness (QED) is 0.138. The lowest BCUT2D eigenvalue weighted by molar-refractivity contribution is -0.140. The number of nitrogens with one attached hydrogen (secondary N) is 3. The van der Waals surface area contributed by atoms with Gasteiger partial charge in [0.1, 0.15) is 18.1 Å². The number of sulfone groups is 1. The second-order valence-corrected chi connectivity index (χ2v) is 11.1. The smallest absolute Gasteiger partial charge is 0.325 e. The highest BCUT2D eigenvalue weighted by Crippen LogP contribution is 2.16. The second kappa shape index (κ2) is 15.5. The number of carbonyl (C=O) groups excluding carboxylic acids is 4. The van der Waals surface area contributed by atoms with Gasteiger partial charge < -0.3 is 26.6 Å². The Labute approximate surface area is 231 Å². The van der Waals surface area contributed by atoms with Crippen LogP contribution in [0.3, 0.4) is 0 Å². The first-order chi connectivity index (χ1) is 18.6. The molecule has 1 unspecified atom stereocenters. The van der Waals surface area contributed by atoms with Crippen LogP contribution in [0.1, 0.15) is 51.1 Å². The lowest BCUT2D eigenvalue weighted by Crippen LogP contribution is -2.57. The van der Waals surface area contributed by atoms with Gasteiger partial charge in [-0.15, -0.1) is 0 Å². The molecule has 220 valence electrons. The number of benzene rings is 1. The number of nitrogens with two attached hydrogens (primary N) is 1. The topological polar surface area (TPSA) is 239 Å². The van der Waals surface area contributed by atoms with Crippen LogP contribution in [0.15, 0.2) is 42.3 Å². The Bertz CT molecular complexity index is 1220. The molecule has 14 nitrogen and oxygen atoms in total. The Kier molecular flexibility index (Phi) is 13.1. The van der Waals surface area contributed by atoms with Gasteiger partial charge in [0.2, 0.25) is 27.6 Å². The number of hydrogen-bond donors (Lipinski definition) is 6. The third-order valence-electron chi connectivity index (χ3n) is 5.56. The van der Waals surface area contributed by atoms with Crippen molar-refractivity contribution in [2.45, 2.75) is 63.7 Å². The summed E-state index contributed by atoms with van der Waals surface area (Å²) in [5.41, 5.74) is 5.48. The highest BCUT2D eigenvalue weighted by atomic mass is 32.2. The molecule has 1 aromatic carbocycles. The summed E-state index contributed by atoms with van der Waals surface area (Å²) >= 11 is 0. The van der Waals surface area contributed by atoms with Crippen LogP contribution in [-0.4, -0.2) is 71.5 Å². The van der Waals surface area contributed by atoms with Crippen molar-refractivity contribution in [1.82, 2.24) is 16.0 Å². The minimum absolute atomic E-state index is 0.102. The zero-order valence-corrected chi connectivity index (χ0v) is 22.8. The van der Waals surface area contributed by atoms with E-state index in [1.165, 1.54) is 12.1 Å². The van der Waals surface area contributed by atoms with Crippen molar-refractivity contribution in [3.63, 3.8) is 0 Å². The molecule has 1 rings (SSSR count). The lowest BCUT2D eigenvalue weighted by Gasteiger charge is -2.26. The molecule has 0 spiro atoms. The summed E-state index contributed by atoms with van der Waals surface area (Å²) in [5, 5.41) is 24.9. The van der Waals surface area contributed by atoms with Crippen molar-refractivity contribution in [3.05, 3.63) is 47.9 Å². The third-order valence-corrected chi connectivity index (χ3v) is 6.84. The minimum atomic E-state index is -4.43. The van der Waals surface area contributed by atoms with E-state index in [1.807, 2.05) is 0 Å². The zero-order valence-electron chi connectivity index (χ0n) is 22.0. The third kappa shape index (κ3) is 10.9. The number of carbonyl (C=O) groups is 6. The van der Waals surface area contributed by atoms with Gasteiger partial charge in [-0.2, -0.15) is 0 Å².